The second-order valence-corrected chi connectivity index (χ2v) is 4.73. The molecule has 0 N–H and O–H groups in total. The summed E-state index contributed by atoms with van der Waals surface area (Å²) >= 11 is 0. The van der Waals surface area contributed by atoms with Crippen LogP contribution in [0.3, 0.4) is 0 Å². The van der Waals surface area contributed by atoms with Crippen molar-refractivity contribution in [2.24, 2.45) is 0 Å². The molecule has 0 radical (unpaired) electrons. The first-order valence-corrected chi connectivity index (χ1v) is 6.15. The summed E-state index contributed by atoms with van der Waals surface area (Å²) < 4.78 is 5.74. The van der Waals surface area contributed by atoms with Gasteiger partial charge in [0.25, 0.3) is 0 Å². The van der Waals surface area contributed by atoms with Crippen molar-refractivity contribution < 1.29 is 4.74 Å². The Balaban J connectivity index is 1.73. The molecule has 0 amide bonds. The zero-order valence-electron chi connectivity index (χ0n) is 10.3. The lowest BCUT2D eigenvalue weighted by Gasteiger charge is -2.19. The maximum atomic E-state index is 5.74. The molecule has 16 heavy (non-hydrogen) atoms. The van der Waals surface area contributed by atoms with E-state index in [0.717, 1.165) is 24.8 Å². The number of nitrogens with zero attached hydrogens (tertiary/aromatic N) is 1. The van der Waals surface area contributed by atoms with Gasteiger partial charge in [0, 0.05) is 6.04 Å². The molecule has 1 heterocycles. The minimum Gasteiger partial charge on any atom is -0.494 e. The molecule has 1 fully saturated rings. The molecule has 1 aromatic rings. The summed E-state index contributed by atoms with van der Waals surface area (Å²) in [6.07, 6.45) is 3.81. The summed E-state index contributed by atoms with van der Waals surface area (Å²) in [6.45, 7) is 4.17. The molecule has 2 heteroatoms. The summed E-state index contributed by atoms with van der Waals surface area (Å²) in [5.41, 5.74) is 1.28. The largest absolute Gasteiger partial charge is 0.494 e. The van der Waals surface area contributed by atoms with E-state index in [9.17, 15) is 0 Å². The van der Waals surface area contributed by atoms with Gasteiger partial charge in [0.1, 0.15) is 5.75 Å². The zero-order chi connectivity index (χ0) is 11.4. The first-order valence-electron chi connectivity index (χ1n) is 6.15. The summed E-state index contributed by atoms with van der Waals surface area (Å²) in [7, 11) is 2.21. The fraction of sp³-hybridized carbons (Fsp3) is 0.571. The van der Waals surface area contributed by atoms with Gasteiger partial charge in [-0.15, -0.1) is 0 Å². The maximum absolute atomic E-state index is 5.74. The number of hydrogen-bond acceptors (Lipinski definition) is 2. The number of rotatable bonds is 4. The Morgan fingerprint density at radius 2 is 2.06 bits per heavy atom. The first-order chi connectivity index (χ1) is 7.75. The third-order valence-corrected chi connectivity index (χ3v) is 3.41. The van der Waals surface area contributed by atoms with Gasteiger partial charge < -0.3 is 9.64 Å². The van der Waals surface area contributed by atoms with E-state index in [-0.39, 0.29) is 0 Å². The van der Waals surface area contributed by atoms with Gasteiger partial charge in [-0.25, -0.2) is 0 Å². The molecule has 0 bridgehead atoms. The topological polar surface area (TPSA) is 12.5 Å². The fourth-order valence-electron chi connectivity index (χ4n) is 2.29. The quantitative estimate of drug-likeness (QED) is 0.772. The van der Waals surface area contributed by atoms with Crippen molar-refractivity contribution >= 4 is 0 Å². The van der Waals surface area contributed by atoms with E-state index in [1.165, 1.54) is 24.9 Å². The number of aryl methyl sites for hydroxylation is 1. The second kappa shape index (κ2) is 5.35. The van der Waals surface area contributed by atoms with Crippen LogP contribution < -0.4 is 4.74 Å². The van der Waals surface area contributed by atoms with E-state index >= 15 is 0 Å². The molecule has 2 nitrogen and oxygen atoms in total. The van der Waals surface area contributed by atoms with Crippen molar-refractivity contribution in [3.63, 3.8) is 0 Å². The molecule has 88 valence electrons. The van der Waals surface area contributed by atoms with Crippen molar-refractivity contribution in [2.75, 3.05) is 20.2 Å². The minimum absolute atomic E-state index is 0.727. The SMILES string of the molecule is Cc1ccc(OCCC2CCCN2C)cc1. The van der Waals surface area contributed by atoms with Crippen LogP contribution in [0.2, 0.25) is 0 Å². The van der Waals surface area contributed by atoms with Crippen LogP contribution in [0.5, 0.6) is 5.75 Å². The Kier molecular flexibility index (Phi) is 3.83. The Hall–Kier alpha value is -1.02. The summed E-state index contributed by atoms with van der Waals surface area (Å²) in [5, 5.41) is 0. The van der Waals surface area contributed by atoms with Crippen LogP contribution >= 0.6 is 0 Å². The fourth-order valence-corrected chi connectivity index (χ4v) is 2.29. The second-order valence-electron chi connectivity index (χ2n) is 4.73. The maximum Gasteiger partial charge on any atom is 0.119 e. The minimum atomic E-state index is 0.727. The smallest absolute Gasteiger partial charge is 0.119 e. The molecule has 1 aliphatic rings. The van der Waals surface area contributed by atoms with Crippen molar-refractivity contribution in [3.8, 4) is 5.75 Å². The van der Waals surface area contributed by atoms with Crippen LogP contribution in [0.15, 0.2) is 24.3 Å². The van der Waals surface area contributed by atoms with E-state index in [0.29, 0.717) is 0 Å². The lowest BCUT2D eigenvalue weighted by atomic mass is 10.1. The molecular formula is C14H21NO. The van der Waals surface area contributed by atoms with Crippen LogP contribution in [0.1, 0.15) is 24.8 Å². The van der Waals surface area contributed by atoms with Crippen molar-refractivity contribution in [1.82, 2.24) is 4.90 Å². The average molecular weight is 219 g/mol. The summed E-state index contributed by atoms with van der Waals surface area (Å²) in [5.74, 6) is 0.992. The van der Waals surface area contributed by atoms with Crippen LogP contribution in [-0.4, -0.2) is 31.1 Å². The summed E-state index contributed by atoms with van der Waals surface area (Å²) in [4.78, 5) is 2.44. The van der Waals surface area contributed by atoms with Crippen LogP contribution in [0, 0.1) is 6.92 Å². The van der Waals surface area contributed by atoms with Gasteiger partial charge in [-0.3, -0.25) is 0 Å². The van der Waals surface area contributed by atoms with Crippen molar-refractivity contribution in [1.29, 1.82) is 0 Å². The third kappa shape index (κ3) is 2.99. The molecular weight excluding hydrogens is 198 g/mol. The zero-order valence-corrected chi connectivity index (χ0v) is 10.3. The van der Waals surface area contributed by atoms with Crippen molar-refractivity contribution in [2.45, 2.75) is 32.2 Å². The Bertz CT molecular complexity index is 320. The number of likely N-dealkylation sites (tertiary alicyclic amines) is 1. The van der Waals surface area contributed by atoms with Crippen molar-refractivity contribution in [3.05, 3.63) is 29.8 Å². The Labute approximate surface area is 98.2 Å². The molecule has 1 atom stereocenters. The van der Waals surface area contributed by atoms with Gasteiger partial charge in [-0.1, -0.05) is 17.7 Å². The van der Waals surface area contributed by atoms with Gasteiger partial charge in [-0.2, -0.15) is 0 Å². The highest BCUT2D eigenvalue weighted by Crippen LogP contribution is 2.18. The monoisotopic (exact) mass is 219 g/mol. The van der Waals surface area contributed by atoms with E-state index in [1.54, 1.807) is 0 Å². The molecule has 0 saturated carbocycles. The van der Waals surface area contributed by atoms with Crippen LogP contribution in [0.25, 0.3) is 0 Å². The van der Waals surface area contributed by atoms with Gasteiger partial charge in [0.05, 0.1) is 6.61 Å². The van der Waals surface area contributed by atoms with E-state index in [4.69, 9.17) is 4.74 Å². The van der Waals surface area contributed by atoms with Crippen LogP contribution in [0.4, 0.5) is 0 Å². The molecule has 1 aromatic carbocycles. The predicted molar refractivity (Wildman–Crippen MR) is 66.9 cm³/mol. The number of hydrogen-bond donors (Lipinski definition) is 0. The van der Waals surface area contributed by atoms with E-state index < -0.39 is 0 Å². The van der Waals surface area contributed by atoms with E-state index in [2.05, 4.69) is 31.0 Å². The third-order valence-electron chi connectivity index (χ3n) is 3.41. The predicted octanol–water partition coefficient (Wildman–Crippen LogP) is 2.86. The summed E-state index contributed by atoms with van der Waals surface area (Å²) in [6, 6.07) is 9.01. The molecule has 2 rings (SSSR count). The number of benzene rings is 1. The molecule has 1 saturated heterocycles. The molecule has 1 aliphatic heterocycles. The lowest BCUT2D eigenvalue weighted by Crippen LogP contribution is -2.26. The van der Waals surface area contributed by atoms with Gasteiger partial charge in [0.15, 0.2) is 0 Å². The standard InChI is InChI=1S/C14H21NO/c1-12-5-7-14(8-6-12)16-11-9-13-4-3-10-15(13)2/h5-8,13H,3-4,9-11H2,1-2H3. The molecule has 0 spiro atoms. The normalized spacial score (nSPS) is 21.2. The lowest BCUT2D eigenvalue weighted by molar-refractivity contribution is 0.233. The highest BCUT2D eigenvalue weighted by atomic mass is 16.5. The van der Waals surface area contributed by atoms with Gasteiger partial charge in [-0.05, 0) is 51.9 Å². The average Bonchev–Trinajstić information content (AvgIpc) is 2.68. The molecule has 0 aliphatic carbocycles. The number of ether oxygens (including phenoxy) is 1. The van der Waals surface area contributed by atoms with Gasteiger partial charge in [0.2, 0.25) is 0 Å². The Morgan fingerprint density at radius 1 is 1.31 bits per heavy atom. The van der Waals surface area contributed by atoms with E-state index in [1.807, 2.05) is 12.1 Å². The van der Waals surface area contributed by atoms with Gasteiger partial charge >= 0.3 is 0 Å². The first kappa shape index (κ1) is 11.5. The molecule has 0 aromatic heterocycles. The highest BCUT2D eigenvalue weighted by Gasteiger charge is 2.20. The highest BCUT2D eigenvalue weighted by molar-refractivity contribution is 5.26. The molecule has 1 unspecified atom stereocenters. The van der Waals surface area contributed by atoms with Crippen LogP contribution in [-0.2, 0) is 0 Å². The Morgan fingerprint density at radius 3 is 2.69 bits per heavy atom.